The number of hydrogen-bond donors (Lipinski definition) is 1. The molecule has 0 unspecified atom stereocenters. The minimum absolute atomic E-state index is 0.0851. The summed E-state index contributed by atoms with van der Waals surface area (Å²) in [4.78, 5) is 10.9. The van der Waals surface area contributed by atoms with Crippen LogP contribution in [0, 0.1) is 5.82 Å². The van der Waals surface area contributed by atoms with Crippen molar-refractivity contribution in [2.75, 3.05) is 0 Å². The Hall–Kier alpha value is -0.900. The van der Waals surface area contributed by atoms with Gasteiger partial charge in [0.25, 0.3) is 0 Å². The smallest absolute Gasteiger partial charge is 0.304 e. The number of carbonyl (C=O) groups is 1. The van der Waals surface area contributed by atoms with Crippen molar-refractivity contribution in [1.82, 2.24) is 0 Å². The summed E-state index contributed by atoms with van der Waals surface area (Å²) in [6, 6.07) is 3.57. The molecule has 98 valence electrons. The second-order valence-corrected chi connectivity index (χ2v) is 6.22. The fourth-order valence-electron chi connectivity index (χ4n) is 2.34. The van der Waals surface area contributed by atoms with E-state index in [4.69, 9.17) is 5.11 Å². The van der Waals surface area contributed by atoms with Crippen molar-refractivity contribution >= 4 is 21.9 Å². The van der Waals surface area contributed by atoms with Gasteiger partial charge < -0.3 is 5.11 Å². The molecule has 0 atom stereocenters. The zero-order valence-corrected chi connectivity index (χ0v) is 12.1. The van der Waals surface area contributed by atoms with E-state index < -0.39 is 5.97 Å². The van der Waals surface area contributed by atoms with Crippen molar-refractivity contribution in [3.05, 3.63) is 33.5 Å². The van der Waals surface area contributed by atoms with Gasteiger partial charge in [-0.05, 0) is 51.9 Å². The summed E-state index contributed by atoms with van der Waals surface area (Å²) in [5, 5.41) is 8.97. The Morgan fingerprint density at radius 1 is 1.50 bits per heavy atom. The lowest BCUT2D eigenvalue weighted by Crippen LogP contribution is -2.14. The largest absolute Gasteiger partial charge is 0.481 e. The topological polar surface area (TPSA) is 37.3 Å². The lowest BCUT2D eigenvalue weighted by atomic mass is 9.89. The van der Waals surface area contributed by atoms with Gasteiger partial charge >= 0.3 is 5.97 Å². The van der Waals surface area contributed by atoms with Gasteiger partial charge in [-0.15, -0.1) is 0 Å². The minimum Gasteiger partial charge on any atom is -0.481 e. The van der Waals surface area contributed by atoms with Crippen LogP contribution in [0.1, 0.15) is 50.2 Å². The average molecular weight is 315 g/mol. The number of aliphatic carboxylic acids is 1. The third-order valence-corrected chi connectivity index (χ3v) is 4.21. The van der Waals surface area contributed by atoms with Gasteiger partial charge in [-0.2, -0.15) is 0 Å². The first-order valence-electron chi connectivity index (χ1n) is 6.07. The highest BCUT2D eigenvalue weighted by Crippen LogP contribution is 2.52. The van der Waals surface area contributed by atoms with Gasteiger partial charge in [0, 0.05) is 5.41 Å². The maximum atomic E-state index is 13.9. The van der Waals surface area contributed by atoms with Gasteiger partial charge in [0.1, 0.15) is 5.82 Å². The maximum Gasteiger partial charge on any atom is 0.304 e. The lowest BCUT2D eigenvalue weighted by Gasteiger charge is -2.17. The van der Waals surface area contributed by atoms with Crippen LogP contribution in [-0.2, 0) is 10.2 Å². The fraction of sp³-hybridized carbons (Fsp3) is 0.500. The van der Waals surface area contributed by atoms with Crippen LogP contribution in [0.2, 0.25) is 0 Å². The Kier molecular flexibility index (Phi) is 3.49. The Bertz CT molecular complexity index is 493. The van der Waals surface area contributed by atoms with Crippen molar-refractivity contribution in [1.29, 1.82) is 0 Å². The normalized spacial score (nSPS) is 16.9. The number of halogens is 2. The van der Waals surface area contributed by atoms with Crippen LogP contribution in [0.15, 0.2) is 16.6 Å². The third-order valence-electron chi connectivity index (χ3n) is 3.63. The number of carboxylic acids is 1. The molecule has 2 rings (SSSR count). The molecular formula is C14H16BrFO2. The first-order valence-corrected chi connectivity index (χ1v) is 6.86. The molecule has 1 aliphatic rings. The maximum absolute atomic E-state index is 13.9. The van der Waals surface area contributed by atoms with Crippen molar-refractivity contribution in [2.45, 2.75) is 44.4 Å². The molecule has 0 bridgehead atoms. The summed E-state index contributed by atoms with van der Waals surface area (Å²) >= 11 is 3.23. The van der Waals surface area contributed by atoms with Crippen LogP contribution in [0.25, 0.3) is 0 Å². The van der Waals surface area contributed by atoms with E-state index in [1.54, 1.807) is 6.07 Å². The predicted molar refractivity (Wildman–Crippen MR) is 71.4 cm³/mol. The van der Waals surface area contributed by atoms with Gasteiger partial charge in [-0.25, -0.2) is 4.39 Å². The molecule has 4 heteroatoms. The zero-order valence-electron chi connectivity index (χ0n) is 10.5. The second kappa shape index (κ2) is 4.65. The summed E-state index contributed by atoms with van der Waals surface area (Å²) in [6.45, 7) is 3.87. The molecular weight excluding hydrogens is 299 g/mol. The van der Waals surface area contributed by atoms with E-state index in [-0.39, 0.29) is 23.6 Å². The third kappa shape index (κ3) is 2.44. The van der Waals surface area contributed by atoms with E-state index in [1.165, 1.54) is 0 Å². The van der Waals surface area contributed by atoms with Gasteiger partial charge in [-0.1, -0.05) is 19.9 Å². The molecule has 0 saturated heterocycles. The molecule has 0 heterocycles. The summed E-state index contributed by atoms with van der Waals surface area (Å²) in [5.41, 5.74) is 1.32. The molecule has 0 amide bonds. The predicted octanol–water partition coefficient (Wildman–Crippen LogP) is 4.22. The van der Waals surface area contributed by atoms with Gasteiger partial charge in [0.05, 0.1) is 10.9 Å². The fourth-order valence-corrected chi connectivity index (χ4v) is 2.82. The van der Waals surface area contributed by atoms with E-state index in [0.717, 1.165) is 18.4 Å². The number of hydrogen-bond acceptors (Lipinski definition) is 1. The monoisotopic (exact) mass is 314 g/mol. The molecule has 18 heavy (non-hydrogen) atoms. The number of carboxylic acid groups (broad SMARTS) is 1. The highest BCUT2D eigenvalue weighted by Gasteiger charge is 2.46. The van der Waals surface area contributed by atoms with Crippen LogP contribution in [0.4, 0.5) is 4.39 Å². The zero-order chi connectivity index (χ0) is 13.5. The summed E-state index contributed by atoms with van der Waals surface area (Å²) in [7, 11) is 0. The van der Waals surface area contributed by atoms with Crippen LogP contribution in [0.3, 0.4) is 0 Å². The molecule has 0 spiro atoms. The van der Waals surface area contributed by atoms with E-state index >= 15 is 0 Å². The molecule has 0 aromatic heterocycles. The van der Waals surface area contributed by atoms with Crippen LogP contribution in [-0.4, -0.2) is 11.1 Å². The molecule has 1 saturated carbocycles. The molecule has 1 N–H and O–H groups in total. The SMILES string of the molecule is CC(C)c1cc(C2(CC(=O)O)CC2)cc(Br)c1F. The Balaban J connectivity index is 2.43. The summed E-state index contributed by atoms with van der Waals surface area (Å²) in [6.07, 6.45) is 1.87. The Morgan fingerprint density at radius 2 is 2.11 bits per heavy atom. The first-order chi connectivity index (χ1) is 8.35. The highest BCUT2D eigenvalue weighted by molar-refractivity contribution is 9.10. The van der Waals surface area contributed by atoms with Gasteiger partial charge in [-0.3, -0.25) is 4.79 Å². The second-order valence-electron chi connectivity index (χ2n) is 5.37. The Morgan fingerprint density at radius 3 is 2.56 bits per heavy atom. The highest BCUT2D eigenvalue weighted by atomic mass is 79.9. The van der Waals surface area contributed by atoms with Crippen molar-refractivity contribution in [3.8, 4) is 0 Å². The van der Waals surface area contributed by atoms with E-state index in [9.17, 15) is 9.18 Å². The molecule has 1 aromatic carbocycles. The lowest BCUT2D eigenvalue weighted by molar-refractivity contribution is -0.137. The summed E-state index contributed by atoms with van der Waals surface area (Å²) < 4.78 is 14.4. The van der Waals surface area contributed by atoms with E-state index in [1.807, 2.05) is 19.9 Å². The van der Waals surface area contributed by atoms with Crippen LogP contribution < -0.4 is 0 Å². The molecule has 1 aliphatic carbocycles. The average Bonchev–Trinajstić information content (AvgIpc) is 3.01. The van der Waals surface area contributed by atoms with Crippen LogP contribution >= 0.6 is 15.9 Å². The molecule has 2 nitrogen and oxygen atoms in total. The molecule has 1 aromatic rings. The molecule has 0 radical (unpaired) electrons. The van der Waals surface area contributed by atoms with Gasteiger partial charge in [0.15, 0.2) is 0 Å². The number of rotatable bonds is 4. The number of benzene rings is 1. The standard InChI is InChI=1S/C14H16BrFO2/c1-8(2)10-5-9(6-11(15)13(10)16)14(3-4-14)7-12(17)18/h5-6,8H,3-4,7H2,1-2H3,(H,17,18). The van der Waals surface area contributed by atoms with Crippen LogP contribution in [0.5, 0.6) is 0 Å². The molecule has 1 fully saturated rings. The van der Waals surface area contributed by atoms with E-state index in [0.29, 0.717) is 10.0 Å². The Labute approximate surface area is 114 Å². The van der Waals surface area contributed by atoms with E-state index in [2.05, 4.69) is 15.9 Å². The summed E-state index contributed by atoms with van der Waals surface area (Å²) in [5.74, 6) is -0.944. The quantitative estimate of drug-likeness (QED) is 0.903. The molecule has 0 aliphatic heterocycles. The van der Waals surface area contributed by atoms with Crippen molar-refractivity contribution < 1.29 is 14.3 Å². The first kappa shape index (κ1) is 13.5. The van der Waals surface area contributed by atoms with Crippen molar-refractivity contribution in [2.24, 2.45) is 0 Å². The van der Waals surface area contributed by atoms with Gasteiger partial charge in [0.2, 0.25) is 0 Å². The minimum atomic E-state index is -0.793. The van der Waals surface area contributed by atoms with Crippen molar-refractivity contribution in [3.63, 3.8) is 0 Å².